The van der Waals surface area contributed by atoms with Crippen LogP contribution < -0.4 is 5.32 Å². The van der Waals surface area contributed by atoms with Crippen molar-refractivity contribution in [2.45, 2.75) is 52.5 Å². The first-order chi connectivity index (χ1) is 6.77. The van der Waals surface area contributed by atoms with Gasteiger partial charge in [-0.1, -0.05) is 6.42 Å². The van der Waals surface area contributed by atoms with Gasteiger partial charge in [-0.2, -0.15) is 0 Å². The Morgan fingerprint density at radius 3 is 2.20 bits per heavy atom. The van der Waals surface area contributed by atoms with E-state index < -0.39 is 11.4 Å². The topological polar surface area (TPSA) is 49.3 Å². The van der Waals surface area contributed by atoms with E-state index in [9.17, 15) is 9.90 Å². The van der Waals surface area contributed by atoms with Gasteiger partial charge in [-0.25, -0.2) is 0 Å². The number of hydrogen-bond donors (Lipinski definition) is 2. The number of carboxylic acid groups (broad SMARTS) is 1. The molecule has 15 heavy (non-hydrogen) atoms. The van der Waals surface area contributed by atoms with Crippen LogP contribution in [-0.4, -0.2) is 23.2 Å². The molecule has 0 aromatic heterocycles. The highest BCUT2D eigenvalue weighted by Crippen LogP contribution is 2.32. The fourth-order valence-corrected chi connectivity index (χ4v) is 1.58. The fraction of sp³-hybridized carbons (Fsp3) is 0.917. The molecule has 1 rings (SSSR count). The minimum atomic E-state index is -0.742. The molecule has 0 saturated heterocycles. The first-order valence-corrected chi connectivity index (χ1v) is 5.76. The average molecular weight is 213 g/mol. The van der Waals surface area contributed by atoms with E-state index in [0.29, 0.717) is 0 Å². The van der Waals surface area contributed by atoms with Gasteiger partial charge < -0.3 is 10.4 Å². The maximum atomic E-state index is 11.2. The minimum absolute atomic E-state index is 0.367. The highest BCUT2D eigenvalue weighted by molar-refractivity contribution is 5.75. The van der Waals surface area contributed by atoms with Gasteiger partial charge in [0.15, 0.2) is 0 Å². The summed E-state index contributed by atoms with van der Waals surface area (Å²) >= 11 is 0. The first-order valence-electron chi connectivity index (χ1n) is 5.76. The van der Waals surface area contributed by atoms with Crippen molar-refractivity contribution in [3.8, 4) is 0 Å². The molecule has 0 spiro atoms. The summed E-state index contributed by atoms with van der Waals surface area (Å²) in [4.78, 5) is 11.2. The van der Waals surface area contributed by atoms with Gasteiger partial charge in [0.2, 0.25) is 0 Å². The van der Waals surface area contributed by atoms with Crippen molar-refractivity contribution in [3.63, 3.8) is 0 Å². The van der Waals surface area contributed by atoms with E-state index >= 15 is 0 Å². The van der Waals surface area contributed by atoms with E-state index in [4.69, 9.17) is 0 Å². The van der Waals surface area contributed by atoms with Gasteiger partial charge in [0.25, 0.3) is 0 Å². The lowest BCUT2D eigenvalue weighted by Crippen LogP contribution is -2.56. The lowest BCUT2D eigenvalue weighted by Gasteiger charge is -2.41. The van der Waals surface area contributed by atoms with Gasteiger partial charge in [0, 0.05) is 5.54 Å². The second-order valence-corrected chi connectivity index (χ2v) is 5.73. The molecule has 1 fully saturated rings. The predicted octanol–water partition coefficient (Wildman–Crippen LogP) is 2.27. The third-order valence-electron chi connectivity index (χ3n) is 4.15. The molecule has 0 aromatic carbocycles. The average Bonchev–Trinajstić information content (AvgIpc) is 2.00. The third-order valence-corrected chi connectivity index (χ3v) is 4.15. The SMILES string of the molecule is CC(C)(NCC1CCC1)C(C)(C)C(=O)O. The molecule has 2 N–H and O–H groups in total. The molecule has 1 aliphatic carbocycles. The lowest BCUT2D eigenvalue weighted by molar-refractivity contribution is -0.151. The molecule has 3 nitrogen and oxygen atoms in total. The van der Waals surface area contributed by atoms with Crippen LogP contribution in [0, 0.1) is 11.3 Å². The molecule has 3 heteroatoms. The quantitative estimate of drug-likeness (QED) is 0.736. The third kappa shape index (κ3) is 2.51. The zero-order chi connectivity index (χ0) is 11.7. The molecule has 88 valence electrons. The number of rotatable bonds is 5. The molecular weight excluding hydrogens is 190 g/mol. The smallest absolute Gasteiger partial charge is 0.310 e. The largest absolute Gasteiger partial charge is 0.481 e. The van der Waals surface area contributed by atoms with E-state index in [1.54, 1.807) is 13.8 Å². The standard InChI is InChI=1S/C12H23NO2/c1-11(2,10(14)15)12(3,4)13-8-9-6-5-7-9/h9,13H,5-8H2,1-4H3,(H,14,15). The Labute approximate surface area is 92.3 Å². The molecule has 0 aliphatic heterocycles. The molecule has 0 bridgehead atoms. The van der Waals surface area contributed by atoms with Gasteiger partial charge in [0.1, 0.15) is 0 Å². The van der Waals surface area contributed by atoms with Crippen LogP contribution in [0.15, 0.2) is 0 Å². The summed E-state index contributed by atoms with van der Waals surface area (Å²) in [6.45, 7) is 8.45. The second kappa shape index (κ2) is 4.12. The van der Waals surface area contributed by atoms with Gasteiger partial charge in [-0.15, -0.1) is 0 Å². The molecular formula is C12H23NO2. The number of nitrogens with one attached hydrogen (secondary N) is 1. The summed E-state index contributed by atoms with van der Waals surface area (Å²) in [5.41, 5.74) is -1.11. The molecule has 1 saturated carbocycles. The van der Waals surface area contributed by atoms with Crippen LogP contribution in [0.4, 0.5) is 0 Å². The Morgan fingerprint density at radius 1 is 1.33 bits per heavy atom. The Kier molecular flexibility index (Phi) is 3.44. The molecule has 0 aromatic rings. The van der Waals surface area contributed by atoms with Crippen molar-refractivity contribution < 1.29 is 9.90 Å². The normalized spacial score (nSPS) is 18.7. The van der Waals surface area contributed by atoms with Gasteiger partial charge >= 0.3 is 5.97 Å². The Bertz CT molecular complexity index is 242. The van der Waals surface area contributed by atoms with Crippen molar-refractivity contribution in [2.24, 2.45) is 11.3 Å². The van der Waals surface area contributed by atoms with Crippen LogP contribution in [0.25, 0.3) is 0 Å². The number of hydrogen-bond acceptors (Lipinski definition) is 2. The Balaban J connectivity index is 2.52. The molecule has 0 atom stereocenters. The second-order valence-electron chi connectivity index (χ2n) is 5.73. The van der Waals surface area contributed by atoms with Crippen LogP contribution in [0.5, 0.6) is 0 Å². The first kappa shape index (κ1) is 12.5. The van der Waals surface area contributed by atoms with Crippen molar-refractivity contribution in [3.05, 3.63) is 0 Å². The zero-order valence-electron chi connectivity index (χ0n) is 10.3. The van der Waals surface area contributed by atoms with E-state index in [1.165, 1.54) is 19.3 Å². The van der Waals surface area contributed by atoms with E-state index in [2.05, 4.69) is 5.32 Å². The van der Waals surface area contributed by atoms with Crippen molar-refractivity contribution in [1.82, 2.24) is 5.32 Å². The van der Waals surface area contributed by atoms with E-state index in [1.807, 2.05) is 13.8 Å². The van der Waals surface area contributed by atoms with Crippen LogP contribution in [0.1, 0.15) is 47.0 Å². The fourth-order valence-electron chi connectivity index (χ4n) is 1.58. The maximum Gasteiger partial charge on any atom is 0.310 e. The van der Waals surface area contributed by atoms with Crippen LogP contribution >= 0.6 is 0 Å². The van der Waals surface area contributed by atoms with Crippen molar-refractivity contribution >= 4 is 5.97 Å². The van der Waals surface area contributed by atoms with Crippen LogP contribution in [-0.2, 0) is 4.79 Å². The molecule has 1 aliphatic rings. The summed E-state index contributed by atoms with van der Waals surface area (Å²) in [5.74, 6) is 0.0162. The molecule has 0 radical (unpaired) electrons. The highest BCUT2D eigenvalue weighted by atomic mass is 16.4. The lowest BCUT2D eigenvalue weighted by atomic mass is 9.74. The number of carbonyl (C=O) groups is 1. The van der Waals surface area contributed by atoms with Crippen molar-refractivity contribution in [2.75, 3.05) is 6.54 Å². The van der Waals surface area contributed by atoms with Gasteiger partial charge in [-0.3, -0.25) is 4.79 Å². The molecule has 0 heterocycles. The summed E-state index contributed by atoms with van der Waals surface area (Å²) in [5, 5.41) is 12.6. The summed E-state index contributed by atoms with van der Waals surface area (Å²) in [6, 6.07) is 0. The summed E-state index contributed by atoms with van der Waals surface area (Å²) in [7, 11) is 0. The van der Waals surface area contributed by atoms with Gasteiger partial charge in [0.05, 0.1) is 5.41 Å². The van der Waals surface area contributed by atoms with E-state index in [0.717, 1.165) is 12.5 Å². The highest BCUT2D eigenvalue weighted by Gasteiger charge is 2.43. The zero-order valence-corrected chi connectivity index (χ0v) is 10.3. The van der Waals surface area contributed by atoms with Crippen molar-refractivity contribution in [1.29, 1.82) is 0 Å². The molecule has 0 unspecified atom stereocenters. The maximum absolute atomic E-state index is 11.2. The monoisotopic (exact) mass is 213 g/mol. The summed E-state index contributed by atoms with van der Waals surface area (Å²) in [6.07, 6.45) is 3.91. The number of carboxylic acids is 1. The number of aliphatic carboxylic acids is 1. The van der Waals surface area contributed by atoms with Gasteiger partial charge in [-0.05, 0) is 53.0 Å². The summed E-state index contributed by atoms with van der Waals surface area (Å²) < 4.78 is 0. The van der Waals surface area contributed by atoms with Crippen LogP contribution in [0.3, 0.4) is 0 Å². The van der Waals surface area contributed by atoms with E-state index in [-0.39, 0.29) is 5.54 Å². The Morgan fingerprint density at radius 2 is 1.87 bits per heavy atom. The Hall–Kier alpha value is -0.570. The minimum Gasteiger partial charge on any atom is -0.481 e. The molecule has 0 amide bonds. The van der Waals surface area contributed by atoms with Crippen LogP contribution in [0.2, 0.25) is 0 Å². The predicted molar refractivity (Wildman–Crippen MR) is 60.8 cm³/mol.